The highest BCUT2D eigenvalue weighted by Crippen LogP contribution is 2.20. The number of nitrogens with zero attached hydrogens (tertiary/aromatic N) is 1. The molecule has 5 nitrogen and oxygen atoms in total. The van der Waals surface area contributed by atoms with Gasteiger partial charge in [0.15, 0.2) is 9.84 Å². The lowest BCUT2D eigenvalue weighted by Crippen LogP contribution is -2.29. The van der Waals surface area contributed by atoms with Crippen LogP contribution in [0, 0.1) is 0 Å². The maximum Gasteiger partial charge on any atom is 0.175 e. The molecule has 1 aromatic heterocycles. The molecule has 6 heteroatoms. The molecule has 2 aromatic rings. The Balaban J connectivity index is 1.81. The van der Waals surface area contributed by atoms with Gasteiger partial charge in [0, 0.05) is 24.4 Å². The lowest BCUT2D eigenvalue weighted by Gasteiger charge is -2.22. The minimum atomic E-state index is -3.22. The SMILES string of the molecule is CS(=O)(=O)c1ccc2ccn(OCC3CCCCO3)c2c1. The van der Waals surface area contributed by atoms with Gasteiger partial charge in [-0.05, 0) is 37.5 Å². The molecule has 114 valence electrons. The van der Waals surface area contributed by atoms with Crippen molar-refractivity contribution >= 4 is 20.7 Å². The predicted molar refractivity (Wildman–Crippen MR) is 80.1 cm³/mol. The first-order valence-electron chi connectivity index (χ1n) is 7.10. The lowest BCUT2D eigenvalue weighted by molar-refractivity contribution is -0.0418. The number of benzene rings is 1. The zero-order valence-corrected chi connectivity index (χ0v) is 12.8. The van der Waals surface area contributed by atoms with Gasteiger partial charge < -0.3 is 9.57 Å². The Morgan fingerprint density at radius 1 is 1.33 bits per heavy atom. The fourth-order valence-corrected chi connectivity index (χ4v) is 3.17. The third-order valence-electron chi connectivity index (χ3n) is 3.73. The van der Waals surface area contributed by atoms with E-state index in [1.807, 2.05) is 6.07 Å². The van der Waals surface area contributed by atoms with Gasteiger partial charge in [-0.2, -0.15) is 4.73 Å². The van der Waals surface area contributed by atoms with Crippen LogP contribution in [0.15, 0.2) is 35.4 Å². The van der Waals surface area contributed by atoms with Crippen LogP contribution in [-0.4, -0.2) is 38.7 Å². The molecule has 0 saturated carbocycles. The molecular formula is C15H19NO4S. The Hall–Kier alpha value is -1.53. The molecule has 0 spiro atoms. The summed E-state index contributed by atoms with van der Waals surface area (Å²) in [7, 11) is -3.22. The van der Waals surface area contributed by atoms with Crippen LogP contribution in [0.4, 0.5) is 0 Å². The zero-order valence-electron chi connectivity index (χ0n) is 12.0. The van der Waals surface area contributed by atoms with Crippen LogP contribution >= 0.6 is 0 Å². The zero-order chi connectivity index (χ0) is 14.9. The van der Waals surface area contributed by atoms with Gasteiger partial charge >= 0.3 is 0 Å². The van der Waals surface area contributed by atoms with Crippen LogP contribution in [0.1, 0.15) is 19.3 Å². The third-order valence-corrected chi connectivity index (χ3v) is 4.84. The van der Waals surface area contributed by atoms with E-state index in [1.165, 1.54) is 12.7 Å². The molecule has 0 amide bonds. The minimum absolute atomic E-state index is 0.120. The molecular weight excluding hydrogens is 290 g/mol. The molecule has 0 radical (unpaired) electrons. The van der Waals surface area contributed by atoms with Gasteiger partial charge in [0.2, 0.25) is 0 Å². The van der Waals surface area contributed by atoms with Gasteiger partial charge in [-0.25, -0.2) is 8.42 Å². The first-order chi connectivity index (χ1) is 10.0. The molecule has 2 heterocycles. The number of rotatable bonds is 4. The Morgan fingerprint density at radius 2 is 2.19 bits per heavy atom. The van der Waals surface area contributed by atoms with E-state index in [9.17, 15) is 8.42 Å². The van der Waals surface area contributed by atoms with E-state index in [0.29, 0.717) is 11.5 Å². The van der Waals surface area contributed by atoms with Crippen molar-refractivity contribution in [3.63, 3.8) is 0 Å². The summed E-state index contributed by atoms with van der Waals surface area (Å²) in [5.74, 6) is 0. The normalized spacial score (nSPS) is 19.8. The number of aromatic nitrogens is 1. The maximum atomic E-state index is 11.6. The fraction of sp³-hybridized carbons (Fsp3) is 0.467. The van der Waals surface area contributed by atoms with Crippen LogP contribution in [0.3, 0.4) is 0 Å². The van der Waals surface area contributed by atoms with Crippen molar-refractivity contribution in [3.8, 4) is 0 Å². The Bertz CT molecular complexity index is 729. The first kappa shape index (κ1) is 14.4. The van der Waals surface area contributed by atoms with Gasteiger partial charge in [-0.15, -0.1) is 0 Å². The van der Waals surface area contributed by atoms with Crippen molar-refractivity contribution < 1.29 is 18.0 Å². The highest BCUT2D eigenvalue weighted by molar-refractivity contribution is 7.90. The first-order valence-corrected chi connectivity index (χ1v) is 8.99. The summed E-state index contributed by atoms with van der Waals surface area (Å²) >= 11 is 0. The van der Waals surface area contributed by atoms with Crippen molar-refractivity contribution in [3.05, 3.63) is 30.5 Å². The second-order valence-corrected chi connectivity index (χ2v) is 7.43. The Kier molecular flexibility index (Phi) is 3.91. The number of sulfone groups is 1. The summed E-state index contributed by atoms with van der Waals surface area (Å²) in [6, 6.07) is 6.96. The Labute approximate surface area is 124 Å². The number of ether oxygens (including phenoxy) is 1. The van der Waals surface area contributed by atoms with Gasteiger partial charge in [-0.1, -0.05) is 6.07 Å². The molecule has 21 heavy (non-hydrogen) atoms. The second kappa shape index (κ2) is 5.69. The average Bonchev–Trinajstić information content (AvgIpc) is 2.87. The number of hydrogen-bond acceptors (Lipinski definition) is 4. The van der Waals surface area contributed by atoms with E-state index in [1.54, 1.807) is 29.1 Å². The third kappa shape index (κ3) is 3.22. The van der Waals surface area contributed by atoms with E-state index in [-0.39, 0.29) is 6.10 Å². The predicted octanol–water partition coefficient (Wildman–Crippen LogP) is 2.04. The van der Waals surface area contributed by atoms with E-state index in [2.05, 4.69) is 0 Å². The van der Waals surface area contributed by atoms with Gasteiger partial charge in [0.1, 0.15) is 6.61 Å². The quantitative estimate of drug-likeness (QED) is 0.867. The standard InChI is InChI=1S/C15H19NO4S/c1-21(17,18)14-6-5-12-7-8-16(15(12)10-14)20-11-13-4-2-3-9-19-13/h5-8,10,13H,2-4,9,11H2,1H3. The number of hydrogen-bond donors (Lipinski definition) is 0. The molecule has 0 bridgehead atoms. The topological polar surface area (TPSA) is 57.5 Å². The molecule has 1 fully saturated rings. The number of fused-ring (bicyclic) bond motifs is 1. The highest BCUT2D eigenvalue weighted by Gasteiger charge is 2.15. The summed E-state index contributed by atoms with van der Waals surface area (Å²) in [6.45, 7) is 1.27. The summed E-state index contributed by atoms with van der Waals surface area (Å²) in [4.78, 5) is 6.06. The highest BCUT2D eigenvalue weighted by atomic mass is 32.2. The summed E-state index contributed by atoms with van der Waals surface area (Å²) in [6.07, 6.45) is 6.42. The van der Waals surface area contributed by atoms with E-state index in [0.717, 1.165) is 30.4 Å². The summed E-state index contributed by atoms with van der Waals surface area (Å²) in [5, 5.41) is 0.951. The summed E-state index contributed by atoms with van der Waals surface area (Å²) in [5.41, 5.74) is 0.758. The Morgan fingerprint density at radius 3 is 2.90 bits per heavy atom. The summed E-state index contributed by atoms with van der Waals surface area (Å²) < 4.78 is 30.5. The van der Waals surface area contributed by atoms with Crippen molar-refractivity contribution in [2.24, 2.45) is 0 Å². The molecule has 0 aliphatic carbocycles. The van der Waals surface area contributed by atoms with Crippen LogP contribution in [0.25, 0.3) is 10.9 Å². The molecule has 1 aliphatic heterocycles. The molecule has 1 unspecified atom stereocenters. The van der Waals surface area contributed by atoms with E-state index >= 15 is 0 Å². The molecule has 1 aromatic carbocycles. The van der Waals surface area contributed by atoms with Crippen molar-refractivity contribution in [1.29, 1.82) is 0 Å². The largest absolute Gasteiger partial charge is 0.411 e. The van der Waals surface area contributed by atoms with Crippen LogP contribution in [0.5, 0.6) is 0 Å². The minimum Gasteiger partial charge on any atom is -0.411 e. The van der Waals surface area contributed by atoms with Gasteiger partial charge in [-0.3, -0.25) is 0 Å². The van der Waals surface area contributed by atoms with Gasteiger partial charge in [0.05, 0.1) is 16.5 Å². The monoisotopic (exact) mass is 309 g/mol. The van der Waals surface area contributed by atoms with Crippen molar-refractivity contribution in [2.75, 3.05) is 19.5 Å². The van der Waals surface area contributed by atoms with Crippen molar-refractivity contribution in [2.45, 2.75) is 30.3 Å². The second-order valence-electron chi connectivity index (χ2n) is 5.42. The van der Waals surface area contributed by atoms with E-state index < -0.39 is 9.84 Å². The molecule has 1 aliphatic rings. The maximum absolute atomic E-state index is 11.6. The van der Waals surface area contributed by atoms with E-state index in [4.69, 9.17) is 9.57 Å². The molecule has 0 N–H and O–H groups in total. The smallest absolute Gasteiger partial charge is 0.175 e. The molecule has 1 atom stereocenters. The molecule has 1 saturated heterocycles. The average molecular weight is 309 g/mol. The van der Waals surface area contributed by atoms with Gasteiger partial charge in [0.25, 0.3) is 0 Å². The fourth-order valence-electron chi connectivity index (χ4n) is 2.53. The lowest BCUT2D eigenvalue weighted by atomic mass is 10.1. The van der Waals surface area contributed by atoms with Crippen molar-refractivity contribution in [1.82, 2.24) is 4.73 Å². The van der Waals surface area contributed by atoms with Crippen LogP contribution in [0.2, 0.25) is 0 Å². The van der Waals surface area contributed by atoms with Crippen LogP contribution in [-0.2, 0) is 14.6 Å². The molecule has 3 rings (SSSR count). The van der Waals surface area contributed by atoms with Crippen LogP contribution < -0.4 is 4.84 Å².